The van der Waals surface area contributed by atoms with E-state index in [1.807, 2.05) is 30.3 Å². The van der Waals surface area contributed by atoms with Crippen LogP contribution in [0.2, 0.25) is 0 Å². The third-order valence-electron chi connectivity index (χ3n) is 2.91. The zero-order valence-electron chi connectivity index (χ0n) is 9.57. The molecule has 0 unspecified atom stereocenters. The molecule has 0 saturated carbocycles. The first-order valence-electron chi connectivity index (χ1n) is 5.55. The summed E-state index contributed by atoms with van der Waals surface area (Å²) in [5, 5.41) is 0. The van der Waals surface area contributed by atoms with Crippen molar-refractivity contribution in [2.24, 2.45) is 0 Å². The van der Waals surface area contributed by atoms with Crippen LogP contribution < -0.4 is 5.73 Å². The quantitative estimate of drug-likeness (QED) is 0.623. The Morgan fingerprint density at radius 3 is 2.76 bits per heavy atom. The minimum absolute atomic E-state index is 0.736. The number of benzene rings is 2. The van der Waals surface area contributed by atoms with Gasteiger partial charge in [-0.3, -0.25) is 0 Å². The molecule has 0 aliphatic carbocycles. The predicted molar refractivity (Wildman–Crippen MR) is 70.7 cm³/mol. The van der Waals surface area contributed by atoms with E-state index in [0.29, 0.717) is 0 Å². The fourth-order valence-corrected chi connectivity index (χ4v) is 1.99. The fourth-order valence-electron chi connectivity index (χ4n) is 1.99. The topological polar surface area (TPSA) is 54.7 Å². The van der Waals surface area contributed by atoms with Crippen molar-refractivity contribution in [3.8, 4) is 11.4 Å². The molecule has 3 rings (SSSR count). The molecule has 3 heteroatoms. The van der Waals surface area contributed by atoms with Crippen LogP contribution in [0, 0.1) is 6.92 Å². The van der Waals surface area contributed by atoms with Gasteiger partial charge in [-0.2, -0.15) is 0 Å². The fraction of sp³-hybridized carbons (Fsp3) is 0.0714. The molecule has 2 aromatic carbocycles. The first-order valence-corrected chi connectivity index (χ1v) is 5.55. The molecule has 0 radical (unpaired) electrons. The Labute approximate surface area is 99.3 Å². The van der Waals surface area contributed by atoms with Crippen molar-refractivity contribution in [2.45, 2.75) is 6.92 Å². The minimum Gasteiger partial charge on any atom is -0.399 e. The summed E-state index contributed by atoms with van der Waals surface area (Å²) in [5.74, 6) is 0.892. The molecule has 0 amide bonds. The lowest BCUT2D eigenvalue weighted by Crippen LogP contribution is -1.84. The largest absolute Gasteiger partial charge is 0.399 e. The number of aromatic nitrogens is 2. The van der Waals surface area contributed by atoms with Gasteiger partial charge in [-0.1, -0.05) is 24.3 Å². The molecule has 1 aromatic heterocycles. The highest BCUT2D eigenvalue weighted by atomic mass is 14.9. The molecule has 0 aliphatic rings. The first kappa shape index (κ1) is 9.90. The van der Waals surface area contributed by atoms with E-state index in [1.165, 1.54) is 5.56 Å². The van der Waals surface area contributed by atoms with Crippen molar-refractivity contribution in [1.29, 1.82) is 0 Å². The van der Waals surface area contributed by atoms with Crippen LogP contribution in [-0.4, -0.2) is 9.97 Å². The van der Waals surface area contributed by atoms with Crippen LogP contribution >= 0.6 is 0 Å². The predicted octanol–water partition coefficient (Wildman–Crippen LogP) is 3.12. The molecule has 3 aromatic rings. The number of imidazole rings is 1. The van der Waals surface area contributed by atoms with E-state index < -0.39 is 0 Å². The average Bonchev–Trinajstić information content (AvgIpc) is 2.72. The molecule has 0 spiro atoms. The number of nitrogens with zero attached hydrogens (tertiary/aromatic N) is 1. The minimum atomic E-state index is 0.736. The molecule has 0 bridgehead atoms. The summed E-state index contributed by atoms with van der Waals surface area (Å²) < 4.78 is 0. The summed E-state index contributed by atoms with van der Waals surface area (Å²) >= 11 is 0. The van der Waals surface area contributed by atoms with Gasteiger partial charge < -0.3 is 10.7 Å². The maximum Gasteiger partial charge on any atom is 0.138 e. The highest BCUT2D eigenvalue weighted by Gasteiger charge is 2.06. The van der Waals surface area contributed by atoms with E-state index in [9.17, 15) is 0 Å². The van der Waals surface area contributed by atoms with Crippen LogP contribution in [0.25, 0.3) is 22.4 Å². The molecule has 17 heavy (non-hydrogen) atoms. The van der Waals surface area contributed by atoms with Crippen LogP contribution in [0.4, 0.5) is 5.69 Å². The smallest absolute Gasteiger partial charge is 0.138 e. The van der Waals surface area contributed by atoms with Crippen molar-refractivity contribution < 1.29 is 0 Å². The van der Waals surface area contributed by atoms with Crippen LogP contribution in [0.15, 0.2) is 42.5 Å². The number of hydrogen-bond acceptors (Lipinski definition) is 2. The van der Waals surface area contributed by atoms with Crippen molar-refractivity contribution >= 4 is 16.7 Å². The van der Waals surface area contributed by atoms with Gasteiger partial charge in [0, 0.05) is 11.3 Å². The first-order chi connectivity index (χ1) is 8.24. The second-order valence-electron chi connectivity index (χ2n) is 4.18. The third-order valence-corrected chi connectivity index (χ3v) is 2.91. The number of fused-ring (bicyclic) bond motifs is 1. The molecule has 0 aliphatic heterocycles. The zero-order valence-corrected chi connectivity index (χ0v) is 9.57. The van der Waals surface area contributed by atoms with Gasteiger partial charge in [0.25, 0.3) is 0 Å². The van der Waals surface area contributed by atoms with E-state index in [0.717, 1.165) is 28.1 Å². The molecule has 3 N–H and O–H groups in total. The van der Waals surface area contributed by atoms with Gasteiger partial charge in [0.1, 0.15) is 5.82 Å². The number of rotatable bonds is 1. The summed E-state index contributed by atoms with van der Waals surface area (Å²) in [4.78, 5) is 7.88. The average molecular weight is 223 g/mol. The van der Waals surface area contributed by atoms with Gasteiger partial charge in [-0.25, -0.2) is 4.98 Å². The monoisotopic (exact) mass is 223 g/mol. The van der Waals surface area contributed by atoms with Gasteiger partial charge in [-0.05, 0) is 30.7 Å². The number of hydrogen-bond donors (Lipinski definition) is 2. The molecule has 84 valence electrons. The molecular weight excluding hydrogens is 210 g/mol. The van der Waals surface area contributed by atoms with E-state index in [2.05, 4.69) is 29.0 Å². The number of H-pyrrole nitrogens is 1. The Kier molecular flexibility index (Phi) is 2.11. The summed E-state index contributed by atoms with van der Waals surface area (Å²) in [6.45, 7) is 2.08. The van der Waals surface area contributed by atoms with Gasteiger partial charge in [0.2, 0.25) is 0 Å². The van der Waals surface area contributed by atoms with Crippen molar-refractivity contribution in [3.05, 3.63) is 48.0 Å². The van der Waals surface area contributed by atoms with Crippen LogP contribution in [0.3, 0.4) is 0 Å². The number of nitrogen functional groups attached to an aromatic ring is 1. The van der Waals surface area contributed by atoms with Gasteiger partial charge >= 0.3 is 0 Å². The van der Waals surface area contributed by atoms with E-state index in [-0.39, 0.29) is 0 Å². The molecule has 0 saturated heterocycles. The van der Waals surface area contributed by atoms with Crippen molar-refractivity contribution in [1.82, 2.24) is 9.97 Å². The molecular formula is C14H13N3. The molecule has 0 atom stereocenters. The van der Waals surface area contributed by atoms with Crippen LogP contribution in [0.5, 0.6) is 0 Å². The Hall–Kier alpha value is -2.29. The summed E-state index contributed by atoms with van der Waals surface area (Å²) in [6, 6.07) is 13.9. The standard InChI is InChI=1S/C14H13N3/c1-9-4-2-3-5-11(9)14-16-12-7-6-10(15)8-13(12)17-14/h2-8H,15H2,1H3,(H,16,17). The maximum atomic E-state index is 5.75. The number of aryl methyl sites for hydroxylation is 1. The third kappa shape index (κ3) is 1.65. The Balaban J connectivity index is 2.22. The normalized spacial score (nSPS) is 10.9. The van der Waals surface area contributed by atoms with Gasteiger partial charge in [0.05, 0.1) is 11.0 Å². The number of nitrogens with one attached hydrogen (secondary N) is 1. The van der Waals surface area contributed by atoms with Gasteiger partial charge in [0.15, 0.2) is 0 Å². The Morgan fingerprint density at radius 1 is 1.12 bits per heavy atom. The summed E-state index contributed by atoms with van der Waals surface area (Å²) in [6.07, 6.45) is 0. The number of aromatic amines is 1. The number of nitrogens with two attached hydrogens (primary N) is 1. The highest BCUT2D eigenvalue weighted by Crippen LogP contribution is 2.24. The Bertz CT molecular complexity index is 683. The summed E-state index contributed by atoms with van der Waals surface area (Å²) in [5.41, 5.74) is 10.7. The van der Waals surface area contributed by atoms with Crippen LogP contribution in [-0.2, 0) is 0 Å². The highest BCUT2D eigenvalue weighted by molar-refractivity contribution is 5.82. The summed E-state index contributed by atoms with van der Waals surface area (Å²) in [7, 11) is 0. The lowest BCUT2D eigenvalue weighted by molar-refractivity contribution is 1.31. The van der Waals surface area contributed by atoms with Crippen molar-refractivity contribution in [2.75, 3.05) is 5.73 Å². The lowest BCUT2D eigenvalue weighted by atomic mass is 10.1. The van der Waals surface area contributed by atoms with Crippen molar-refractivity contribution in [3.63, 3.8) is 0 Å². The lowest BCUT2D eigenvalue weighted by Gasteiger charge is -2.00. The second kappa shape index (κ2) is 3.63. The molecule has 0 fully saturated rings. The SMILES string of the molecule is Cc1ccccc1-c1nc2cc(N)ccc2[nH]1. The molecule has 3 nitrogen and oxygen atoms in total. The van der Waals surface area contributed by atoms with Gasteiger partial charge in [-0.15, -0.1) is 0 Å². The molecule has 1 heterocycles. The maximum absolute atomic E-state index is 5.75. The number of anilines is 1. The van der Waals surface area contributed by atoms with E-state index in [1.54, 1.807) is 0 Å². The Morgan fingerprint density at radius 2 is 1.94 bits per heavy atom. The van der Waals surface area contributed by atoms with E-state index in [4.69, 9.17) is 5.73 Å². The van der Waals surface area contributed by atoms with E-state index >= 15 is 0 Å². The zero-order chi connectivity index (χ0) is 11.8. The van der Waals surface area contributed by atoms with Crippen LogP contribution in [0.1, 0.15) is 5.56 Å². The second-order valence-corrected chi connectivity index (χ2v) is 4.18.